The van der Waals surface area contributed by atoms with Gasteiger partial charge in [0, 0.05) is 16.0 Å². The van der Waals surface area contributed by atoms with Crippen molar-refractivity contribution in [2.45, 2.75) is 6.10 Å². The summed E-state index contributed by atoms with van der Waals surface area (Å²) in [7, 11) is 0. The molecule has 0 saturated heterocycles. The molecule has 72 valence electrons. The molecule has 14 heavy (non-hydrogen) atoms. The SMILES string of the molecule is O[C@H](c1ccc(Br)cc1)c1nccs1. The van der Waals surface area contributed by atoms with E-state index in [1.54, 1.807) is 6.20 Å². The standard InChI is InChI=1S/C10H8BrNOS/c11-8-3-1-7(2-4-8)9(13)10-12-5-6-14-10/h1-6,9,13H/t9-/m1/s1. The third-order valence-electron chi connectivity index (χ3n) is 1.87. The Morgan fingerprint density at radius 1 is 1.29 bits per heavy atom. The molecule has 0 aliphatic heterocycles. The van der Waals surface area contributed by atoms with Gasteiger partial charge in [-0.05, 0) is 17.7 Å². The molecule has 0 unspecified atom stereocenters. The number of hydrogen-bond donors (Lipinski definition) is 1. The smallest absolute Gasteiger partial charge is 0.131 e. The zero-order valence-electron chi connectivity index (χ0n) is 7.22. The molecule has 4 heteroatoms. The van der Waals surface area contributed by atoms with Gasteiger partial charge in [0.05, 0.1) is 0 Å². The Balaban J connectivity index is 2.28. The lowest BCUT2D eigenvalue weighted by Crippen LogP contribution is -1.97. The summed E-state index contributed by atoms with van der Waals surface area (Å²) >= 11 is 4.81. The second-order valence-corrected chi connectivity index (χ2v) is 4.67. The number of aliphatic hydroxyl groups is 1. The predicted octanol–water partition coefficient (Wildman–Crippen LogP) is 2.99. The Hall–Kier alpha value is -0.710. The molecule has 2 nitrogen and oxygen atoms in total. The minimum atomic E-state index is -0.608. The van der Waals surface area contributed by atoms with E-state index < -0.39 is 6.10 Å². The van der Waals surface area contributed by atoms with Gasteiger partial charge in [-0.25, -0.2) is 4.98 Å². The molecule has 0 saturated carbocycles. The first kappa shape index (κ1) is 9.83. The molecule has 0 aliphatic rings. The van der Waals surface area contributed by atoms with Crippen LogP contribution in [0, 0.1) is 0 Å². The number of halogens is 1. The first-order valence-electron chi connectivity index (χ1n) is 4.10. The molecule has 2 aromatic rings. The fourth-order valence-electron chi connectivity index (χ4n) is 1.16. The number of thiazole rings is 1. The Bertz CT molecular complexity index is 399. The molecule has 0 bridgehead atoms. The van der Waals surface area contributed by atoms with Crippen molar-refractivity contribution in [3.05, 3.63) is 50.9 Å². The van der Waals surface area contributed by atoms with Crippen LogP contribution < -0.4 is 0 Å². The minimum Gasteiger partial charge on any atom is -0.381 e. The van der Waals surface area contributed by atoms with Crippen molar-refractivity contribution in [2.24, 2.45) is 0 Å². The van der Waals surface area contributed by atoms with Gasteiger partial charge in [-0.3, -0.25) is 0 Å². The van der Waals surface area contributed by atoms with Gasteiger partial charge >= 0.3 is 0 Å². The molecule has 1 heterocycles. The van der Waals surface area contributed by atoms with E-state index in [1.165, 1.54) is 11.3 Å². The Morgan fingerprint density at radius 2 is 2.00 bits per heavy atom. The summed E-state index contributed by atoms with van der Waals surface area (Å²) < 4.78 is 1.01. The van der Waals surface area contributed by atoms with Crippen LogP contribution in [0.1, 0.15) is 16.7 Å². The summed E-state index contributed by atoms with van der Waals surface area (Å²) in [4.78, 5) is 4.07. The molecular weight excluding hydrogens is 262 g/mol. The Kier molecular flexibility index (Phi) is 2.96. The van der Waals surface area contributed by atoms with E-state index in [0.717, 1.165) is 15.0 Å². The van der Waals surface area contributed by atoms with Gasteiger partial charge in [0.25, 0.3) is 0 Å². The summed E-state index contributed by atoms with van der Waals surface area (Å²) in [6, 6.07) is 7.59. The third-order valence-corrected chi connectivity index (χ3v) is 3.23. The third kappa shape index (κ3) is 2.03. The highest BCUT2D eigenvalue weighted by Gasteiger charge is 2.11. The van der Waals surface area contributed by atoms with E-state index in [-0.39, 0.29) is 0 Å². The molecule has 2 rings (SSSR count). The van der Waals surface area contributed by atoms with Crippen LogP contribution in [0.25, 0.3) is 0 Å². The fourth-order valence-corrected chi connectivity index (χ4v) is 2.07. The molecule has 1 aromatic carbocycles. The highest BCUT2D eigenvalue weighted by Crippen LogP contribution is 2.24. The van der Waals surface area contributed by atoms with Crippen LogP contribution in [0.15, 0.2) is 40.3 Å². The van der Waals surface area contributed by atoms with Gasteiger partial charge in [-0.2, -0.15) is 0 Å². The number of rotatable bonds is 2. The predicted molar refractivity (Wildman–Crippen MR) is 60.3 cm³/mol. The van der Waals surface area contributed by atoms with E-state index in [2.05, 4.69) is 20.9 Å². The molecule has 0 aliphatic carbocycles. The normalized spacial score (nSPS) is 12.7. The van der Waals surface area contributed by atoms with Crippen LogP contribution in [0.3, 0.4) is 0 Å². The highest BCUT2D eigenvalue weighted by molar-refractivity contribution is 9.10. The summed E-state index contributed by atoms with van der Waals surface area (Å²) in [5.41, 5.74) is 0.864. The molecule has 0 radical (unpaired) electrons. The lowest BCUT2D eigenvalue weighted by molar-refractivity contribution is 0.220. The molecule has 0 amide bonds. The topological polar surface area (TPSA) is 33.1 Å². The minimum absolute atomic E-state index is 0.608. The van der Waals surface area contributed by atoms with Gasteiger partial charge < -0.3 is 5.11 Å². The first-order chi connectivity index (χ1) is 6.77. The van der Waals surface area contributed by atoms with E-state index >= 15 is 0 Å². The van der Waals surface area contributed by atoms with Gasteiger partial charge in [0.1, 0.15) is 11.1 Å². The lowest BCUT2D eigenvalue weighted by atomic mass is 10.1. The van der Waals surface area contributed by atoms with Gasteiger partial charge in [0.15, 0.2) is 0 Å². The highest BCUT2D eigenvalue weighted by atomic mass is 79.9. The fraction of sp³-hybridized carbons (Fsp3) is 0.100. The van der Waals surface area contributed by atoms with Crippen LogP contribution in [0.4, 0.5) is 0 Å². The Labute approximate surface area is 94.4 Å². The molecule has 1 atom stereocenters. The Morgan fingerprint density at radius 3 is 2.57 bits per heavy atom. The lowest BCUT2D eigenvalue weighted by Gasteiger charge is -2.07. The van der Waals surface area contributed by atoms with E-state index in [1.807, 2.05) is 29.6 Å². The van der Waals surface area contributed by atoms with Crippen LogP contribution in [-0.2, 0) is 0 Å². The zero-order chi connectivity index (χ0) is 9.97. The zero-order valence-corrected chi connectivity index (χ0v) is 9.62. The second-order valence-electron chi connectivity index (χ2n) is 2.82. The molecule has 0 fully saturated rings. The summed E-state index contributed by atoms with van der Waals surface area (Å²) in [5, 5.41) is 12.5. The monoisotopic (exact) mass is 269 g/mol. The van der Waals surface area contributed by atoms with E-state index in [0.29, 0.717) is 0 Å². The number of aromatic nitrogens is 1. The maximum Gasteiger partial charge on any atom is 0.131 e. The number of aliphatic hydroxyl groups excluding tert-OH is 1. The quantitative estimate of drug-likeness (QED) is 0.910. The number of benzene rings is 1. The number of hydrogen-bond acceptors (Lipinski definition) is 3. The maximum atomic E-state index is 9.90. The number of nitrogens with zero attached hydrogens (tertiary/aromatic N) is 1. The van der Waals surface area contributed by atoms with Gasteiger partial charge in [-0.15, -0.1) is 11.3 Å². The van der Waals surface area contributed by atoms with Crippen molar-refractivity contribution in [3.63, 3.8) is 0 Å². The van der Waals surface area contributed by atoms with Crippen LogP contribution in [0.2, 0.25) is 0 Å². The second kappa shape index (κ2) is 4.21. The molecular formula is C10H8BrNOS. The average Bonchev–Trinajstić information content (AvgIpc) is 2.71. The molecule has 0 spiro atoms. The molecule has 1 aromatic heterocycles. The average molecular weight is 270 g/mol. The summed E-state index contributed by atoms with van der Waals surface area (Å²) in [6.45, 7) is 0. The summed E-state index contributed by atoms with van der Waals surface area (Å²) in [5.74, 6) is 0. The van der Waals surface area contributed by atoms with Crippen molar-refractivity contribution in [2.75, 3.05) is 0 Å². The van der Waals surface area contributed by atoms with Crippen molar-refractivity contribution >= 4 is 27.3 Å². The van der Waals surface area contributed by atoms with Crippen LogP contribution in [0.5, 0.6) is 0 Å². The van der Waals surface area contributed by atoms with Crippen molar-refractivity contribution in [3.8, 4) is 0 Å². The van der Waals surface area contributed by atoms with Gasteiger partial charge in [-0.1, -0.05) is 28.1 Å². The van der Waals surface area contributed by atoms with Crippen molar-refractivity contribution in [1.82, 2.24) is 4.98 Å². The van der Waals surface area contributed by atoms with Gasteiger partial charge in [0.2, 0.25) is 0 Å². The van der Waals surface area contributed by atoms with Crippen LogP contribution >= 0.6 is 27.3 Å². The van der Waals surface area contributed by atoms with E-state index in [9.17, 15) is 5.11 Å². The largest absolute Gasteiger partial charge is 0.381 e. The van der Waals surface area contributed by atoms with Crippen molar-refractivity contribution < 1.29 is 5.11 Å². The van der Waals surface area contributed by atoms with Crippen LogP contribution in [-0.4, -0.2) is 10.1 Å². The van der Waals surface area contributed by atoms with E-state index in [4.69, 9.17) is 0 Å². The molecule has 1 N–H and O–H groups in total. The maximum absolute atomic E-state index is 9.90. The first-order valence-corrected chi connectivity index (χ1v) is 5.77. The summed E-state index contributed by atoms with van der Waals surface area (Å²) in [6.07, 6.45) is 1.09. The van der Waals surface area contributed by atoms with Crippen molar-refractivity contribution in [1.29, 1.82) is 0 Å².